The average Bonchev–Trinajstić information content (AvgIpc) is 3.04. The van der Waals surface area contributed by atoms with Crippen molar-refractivity contribution in [2.45, 2.75) is 58.5 Å². The second kappa shape index (κ2) is 13.6. The van der Waals surface area contributed by atoms with E-state index in [-0.39, 0.29) is 30.5 Å². The topological polar surface area (TPSA) is 106 Å². The normalized spacial score (nSPS) is 17.3. The van der Waals surface area contributed by atoms with Crippen molar-refractivity contribution in [1.29, 1.82) is 0 Å². The van der Waals surface area contributed by atoms with Gasteiger partial charge in [0.05, 0.1) is 37.2 Å². The number of carbonyl (C=O) groups excluding carboxylic acids is 1. The van der Waals surface area contributed by atoms with Crippen molar-refractivity contribution in [3.05, 3.63) is 83.0 Å². The highest BCUT2D eigenvalue weighted by Gasteiger charge is 2.31. The Kier molecular flexibility index (Phi) is 9.42. The minimum absolute atomic E-state index is 0.0902. The molecule has 0 saturated carbocycles. The Morgan fingerprint density at radius 2 is 1.72 bits per heavy atom. The van der Waals surface area contributed by atoms with E-state index in [1.165, 1.54) is 11.9 Å². The lowest BCUT2D eigenvalue weighted by Crippen LogP contribution is -2.45. The van der Waals surface area contributed by atoms with E-state index >= 15 is 0 Å². The predicted molar refractivity (Wildman–Crippen MR) is 181 cm³/mol. The Hall–Kier alpha value is -4.22. The second-order valence-electron chi connectivity index (χ2n) is 13.1. The molecule has 1 amide bonds. The number of benzene rings is 2. The summed E-state index contributed by atoms with van der Waals surface area (Å²) in [6, 6.07) is 19.4. The van der Waals surface area contributed by atoms with Gasteiger partial charge in [-0.2, -0.15) is 10.1 Å². The van der Waals surface area contributed by atoms with Crippen LogP contribution in [0.4, 0.5) is 11.8 Å². The molecule has 1 atom stereocenters. The summed E-state index contributed by atoms with van der Waals surface area (Å²) in [5.41, 5.74) is 5.29. The number of morpholine rings is 1. The van der Waals surface area contributed by atoms with Crippen molar-refractivity contribution < 1.29 is 14.3 Å². The van der Waals surface area contributed by atoms with Gasteiger partial charge in [0.2, 0.25) is 11.8 Å². The van der Waals surface area contributed by atoms with Gasteiger partial charge < -0.3 is 19.3 Å². The molecule has 240 valence electrons. The maximum atomic E-state index is 14.4. The first-order valence-corrected chi connectivity index (χ1v) is 16.5. The van der Waals surface area contributed by atoms with Crippen LogP contribution < -0.4 is 14.4 Å². The molecule has 10 nitrogen and oxygen atoms in total. The van der Waals surface area contributed by atoms with Gasteiger partial charge in [-0.25, -0.2) is 4.98 Å². The van der Waals surface area contributed by atoms with Crippen LogP contribution in [0.5, 0.6) is 5.88 Å². The quantitative estimate of drug-likeness (QED) is 0.249. The van der Waals surface area contributed by atoms with E-state index < -0.39 is 0 Å². The molecule has 4 heterocycles. The maximum Gasteiger partial charge on any atom is 0.254 e. The number of anilines is 2. The third-order valence-electron chi connectivity index (χ3n) is 8.13. The molecule has 0 unspecified atom stereocenters. The highest BCUT2D eigenvalue weighted by atomic mass is 32.2. The number of nitrogens with zero attached hydrogens (tertiary/aromatic N) is 6. The summed E-state index contributed by atoms with van der Waals surface area (Å²) in [5.74, 6) is 1.61. The van der Waals surface area contributed by atoms with E-state index in [1.54, 1.807) is 0 Å². The fourth-order valence-electron chi connectivity index (χ4n) is 5.94. The summed E-state index contributed by atoms with van der Waals surface area (Å²) in [5, 5.41) is 9.09. The van der Waals surface area contributed by atoms with Gasteiger partial charge in [0.15, 0.2) is 5.82 Å². The van der Waals surface area contributed by atoms with Crippen molar-refractivity contribution in [2.24, 2.45) is 5.41 Å². The summed E-state index contributed by atoms with van der Waals surface area (Å²) in [4.78, 5) is 28.9. The van der Waals surface area contributed by atoms with E-state index in [9.17, 15) is 4.79 Å². The number of rotatable bonds is 5. The highest BCUT2D eigenvalue weighted by molar-refractivity contribution is 8.00. The monoisotopic (exact) mass is 639 g/mol. The number of aromatic nitrogens is 4. The SMILES string of the molecule is Cc1cccc(C)c1-c1cc2nc(n1)NSc1cccc(c1)C(=O)N(Cc1ccc(N3CCOCC3)nn1)[C@H](CC(C)(C)C)CO2. The van der Waals surface area contributed by atoms with Gasteiger partial charge in [-0.05, 0) is 79.1 Å². The predicted octanol–water partition coefficient (Wildman–Crippen LogP) is 6.35. The molecular formula is C35H41N7O3S. The smallest absolute Gasteiger partial charge is 0.254 e. The first-order valence-electron chi connectivity index (χ1n) is 15.7. The number of amides is 1. The van der Waals surface area contributed by atoms with Crippen molar-refractivity contribution in [1.82, 2.24) is 25.1 Å². The average molecular weight is 640 g/mol. The molecule has 0 spiro atoms. The molecule has 1 saturated heterocycles. The Morgan fingerprint density at radius 1 is 0.957 bits per heavy atom. The maximum absolute atomic E-state index is 14.4. The van der Waals surface area contributed by atoms with E-state index in [4.69, 9.17) is 19.4 Å². The fourth-order valence-corrected chi connectivity index (χ4v) is 6.57. The van der Waals surface area contributed by atoms with Crippen LogP contribution in [0.3, 0.4) is 0 Å². The molecule has 4 bridgehead atoms. The molecule has 6 rings (SSSR count). The summed E-state index contributed by atoms with van der Waals surface area (Å²) in [7, 11) is 0. The van der Waals surface area contributed by atoms with Gasteiger partial charge in [0.25, 0.3) is 5.91 Å². The molecule has 4 aromatic rings. The number of hydrogen-bond acceptors (Lipinski definition) is 10. The molecule has 2 aromatic carbocycles. The van der Waals surface area contributed by atoms with Crippen LogP contribution in [0.15, 0.2) is 65.6 Å². The van der Waals surface area contributed by atoms with Crippen molar-refractivity contribution in [3.8, 4) is 17.1 Å². The van der Waals surface area contributed by atoms with Gasteiger partial charge >= 0.3 is 0 Å². The summed E-state index contributed by atoms with van der Waals surface area (Å²) in [6.45, 7) is 14.1. The Labute approximate surface area is 275 Å². The van der Waals surface area contributed by atoms with Gasteiger partial charge in [-0.3, -0.25) is 9.52 Å². The first-order chi connectivity index (χ1) is 22.1. The lowest BCUT2D eigenvalue weighted by atomic mass is 9.87. The van der Waals surface area contributed by atoms with Crippen LogP contribution in [0, 0.1) is 19.3 Å². The van der Waals surface area contributed by atoms with Gasteiger partial charge in [-0.15, -0.1) is 5.10 Å². The Bertz CT molecular complexity index is 1670. The molecule has 2 aliphatic heterocycles. The third-order valence-corrected chi connectivity index (χ3v) is 8.90. The van der Waals surface area contributed by atoms with Gasteiger partial charge in [0, 0.05) is 35.2 Å². The van der Waals surface area contributed by atoms with Crippen molar-refractivity contribution in [3.63, 3.8) is 0 Å². The first kappa shape index (κ1) is 31.7. The number of aryl methyl sites for hydroxylation is 2. The van der Waals surface area contributed by atoms with Crippen molar-refractivity contribution >= 4 is 29.6 Å². The zero-order valence-electron chi connectivity index (χ0n) is 27.1. The second-order valence-corrected chi connectivity index (χ2v) is 13.9. The molecule has 0 radical (unpaired) electrons. The lowest BCUT2D eigenvalue weighted by Gasteiger charge is -2.35. The zero-order valence-corrected chi connectivity index (χ0v) is 27.9. The van der Waals surface area contributed by atoms with Crippen LogP contribution in [0.25, 0.3) is 11.3 Å². The van der Waals surface area contributed by atoms with Crippen LogP contribution in [-0.2, 0) is 11.3 Å². The van der Waals surface area contributed by atoms with Crippen molar-refractivity contribution in [2.75, 3.05) is 42.5 Å². The van der Waals surface area contributed by atoms with E-state index in [2.05, 4.69) is 66.6 Å². The van der Waals surface area contributed by atoms with Gasteiger partial charge in [-0.1, -0.05) is 45.0 Å². The number of fused-ring (bicyclic) bond motifs is 4. The molecule has 46 heavy (non-hydrogen) atoms. The number of nitrogens with one attached hydrogen (secondary N) is 1. The third kappa shape index (κ3) is 7.59. The summed E-state index contributed by atoms with van der Waals surface area (Å²) >= 11 is 1.36. The number of carbonyl (C=O) groups is 1. The molecular weight excluding hydrogens is 598 g/mol. The van der Waals surface area contributed by atoms with Crippen LogP contribution >= 0.6 is 11.9 Å². The Balaban J connectivity index is 1.38. The van der Waals surface area contributed by atoms with E-state index in [0.29, 0.717) is 42.7 Å². The van der Waals surface area contributed by atoms with Crippen LogP contribution in [-0.4, -0.2) is 69.9 Å². The standard InChI is InChI=1S/C35H41N7O3S/c1-23-8-6-9-24(2)32(23)29-19-31-37-34(36-29)40-46-28-11-7-10-25(18-28)33(43)42(27(22-45-31)20-35(3,4)5)21-26-12-13-30(39-38-26)41-14-16-44-17-15-41/h6-13,18-19,27H,14-17,20-22H2,1-5H3,(H,36,37,40)/t27-/m1/s1. The summed E-state index contributed by atoms with van der Waals surface area (Å²) < 4.78 is 15.3. The summed E-state index contributed by atoms with van der Waals surface area (Å²) in [6.07, 6.45) is 0.701. The fraction of sp³-hybridized carbons (Fsp3) is 0.400. The minimum Gasteiger partial charge on any atom is -0.475 e. The molecule has 1 N–H and O–H groups in total. The van der Waals surface area contributed by atoms with Crippen LogP contribution in [0.2, 0.25) is 0 Å². The number of hydrogen-bond donors (Lipinski definition) is 1. The minimum atomic E-state index is -0.277. The largest absolute Gasteiger partial charge is 0.475 e. The molecule has 2 aliphatic rings. The Morgan fingerprint density at radius 3 is 2.43 bits per heavy atom. The highest BCUT2D eigenvalue weighted by Crippen LogP contribution is 2.32. The van der Waals surface area contributed by atoms with Gasteiger partial charge in [0.1, 0.15) is 6.61 Å². The number of ether oxygens (including phenoxy) is 2. The molecule has 1 fully saturated rings. The molecule has 2 aromatic heterocycles. The molecule has 0 aliphatic carbocycles. The lowest BCUT2D eigenvalue weighted by molar-refractivity contribution is 0.0508. The molecule has 11 heteroatoms. The zero-order chi connectivity index (χ0) is 32.3. The van der Waals surface area contributed by atoms with Crippen LogP contribution in [0.1, 0.15) is 54.4 Å². The van der Waals surface area contributed by atoms with E-state index in [1.807, 2.05) is 53.4 Å². The van der Waals surface area contributed by atoms with E-state index in [0.717, 1.165) is 46.2 Å².